The van der Waals surface area contributed by atoms with Gasteiger partial charge < -0.3 is 10.1 Å². The van der Waals surface area contributed by atoms with Crippen molar-refractivity contribution < 1.29 is 18.7 Å². The number of nitrogens with one attached hydrogen (secondary N) is 1. The number of halogens is 2. The van der Waals surface area contributed by atoms with Gasteiger partial charge in [-0.3, -0.25) is 4.79 Å². The topological polar surface area (TPSA) is 53.1 Å². The van der Waals surface area contributed by atoms with E-state index < -0.39 is 18.3 Å². The Balaban J connectivity index is 2.43. The van der Waals surface area contributed by atoms with Gasteiger partial charge in [-0.05, 0) is 17.5 Å². The smallest absolute Gasteiger partial charge is 0.309 e. The number of hydrogen-bond acceptors (Lipinski definition) is 1. The first-order valence-corrected chi connectivity index (χ1v) is 4.67. The lowest BCUT2D eigenvalue weighted by molar-refractivity contribution is -0.145. The predicted molar refractivity (Wildman–Crippen MR) is 54.4 cm³/mol. The predicted octanol–water partition coefficient (Wildman–Crippen LogP) is 2.73. The summed E-state index contributed by atoms with van der Waals surface area (Å²) in [5.41, 5.74) is 0.207. The van der Waals surface area contributed by atoms with Crippen LogP contribution in [-0.2, 0) is 10.7 Å². The summed E-state index contributed by atoms with van der Waals surface area (Å²) in [6.07, 6.45) is -1.21. The fourth-order valence-corrected chi connectivity index (χ4v) is 1.56. The van der Waals surface area contributed by atoms with Gasteiger partial charge in [0, 0.05) is 5.52 Å². The van der Waals surface area contributed by atoms with Crippen LogP contribution in [0.25, 0.3) is 10.9 Å². The Bertz CT molecular complexity index is 501. The Labute approximate surface area is 89.7 Å². The summed E-state index contributed by atoms with van der Waals surface area (Å²) in [5.74, 6) is -4.89. The molecule has 1 aromatic carbocycles. The molecule has 0 aliphatic rings. The summed E-state index contributed by atoms with van der Waals surface area (Å²) < 4.78 is 26.9. The van der Waals surface area contributed by atoms with Gasteiger partial charge in [0.1, 0.15) is 6.42 Å². The number of alkyl halides is 2. The molecule has 0 amide bonds. The highest BCUT2D eigenvalue weighted by Gasteiger charge is 2.36. The number of para-hydroxylation sites is 1. The average molecular weight is 225 g/mol. The number of carboxylic acid groups (broad SMARTS) is 1. The summed E-state index contributed by atoms with van der Waals surface area (Å²) in [6, 6.07) is 8.08. The van der Waals surface area contributed by atoms with E-state index in [2.05, 4.69) is 4.98 Å². The fourth-order valence-electron chi connectivity index (χ4n) is 1.56. The Kier molecular flexibility index (Phi) is 2.38. The molecule has 16 heavy (non-hydrogen) atoms. The molecule has 0 bridgehead atoms. The van der Waals surface area contributed by atoms with Crippen LogP contribution < -0.4 is 0 Å². The number of benzene rings is 1. The lowest BCUT2D eigenvalue weighted by Gasteiger charge is -2.11. The zero-order chi connectivity index (χ0) is 11.8. The van der Waals surface area contributed by atoms with Crippen LogP contribution in [0.5, 0.6) is 0 Å². The molecular formula is C11H9F2NO2. The third kappa shape index (κ3) is 1.88. The molecule has 0 atom stereocenters. The first-order valence-electron chi connectivity index (χ1n) is 4.67. The minimum atomic E-state index is -3.37. The maximum absolute atomic E-state index is 13.4. The molecule has 0 saturated heterocycles. The lowest BCUT2D eigenvalue weighted by Crippen LogP contribution is -2.18. The molecular weight excluding hydrogens is 216 g/mol. The SMILES string of the molecule is O=C(O)CC(F)(F)c1cc2ccccc2[nH]1. The second kappa shape index (κ2) is 3.59. The van der Waals surface area contributed by atoms with Gasteiger partial charge in [0.2, 0.25) is 0 Å². The molecule has 0 saturated carbocycles. The molecule has 0 unspecified atom stereocenters. The minimum absolute atomic E-state index is 0.365. The Hall–Kier alpha value is -1.91. The van der Waals surface area contributed by atoms with Crippen molar-refractivity contribution >= 4 is 16.9 Å². The standard InChI is InChI=1S/C11H9F2NO2/c12-11(13,6-10(15)16)9-5-7-3-1-2-4-8(7)14-9/h1-5,14H,6H2,(H,15,16). The van der Waals surface area contributed by atoms with Crippen molar-refractivity contribution in [2.24, 2.45) is 0 Å². The first-order chi connectivity index (χ1) is 7.49. The monoisotopic (exact) mass is 225 g/mol. The van der Waals surface area contributed by atoms with Crippen LogP contribution >= 0.6 is 0 Å². The van der Waals surface area contributed by atoms with Crippen molar-refractivity contribution in [2.75, 3.05) is 0 Å². The van der Waals surface area contributed by atoms with Crippen LogP contribution in [0, 0.1) is 0 Å². The quantitative estimate of drug-likeness (QED) is 0.843. The van der Waals surface area contributed by atoms with Crippen LogP contribution in [0.1, 0.15) is 12.1 Å². The largest absolute Gasteiger partial charge is 0.481 e. The third-order valence-corrected chi connectivity index (χ3v) is 2.30. The highest BCUT2D eigenvalue weighted by atomic mass is 19.3. The molecule has 2 rings (SSSR count). The molecule has 0 aliphatic heterocycles. The van der Waals surface area contributed by atoms with Gasteiger partial charge >= 0.3 is 5.97 Å². The zero-order valence-electron chi connectivity index (χ0n) is 8.21. The van der Waals surface area contributed by atoms with E-state index in [0.29, 0.717) is 10.9 Å². The molecule has 2 N–H and O–H groups in total. The Morgan fingerprint density at radius 2 is 2.06 bits per heavy atom. The summed E-state index contributed by atoms with van der Waals surface area (Å²) in [4.78, 5) is 12.8. The van der Waals surface area contributed by atoms with Crippen molar-refractivity contribution in [1.29, 1.82) is 0 Å². The van der Waals surface area contributed by atoms with E-state index in [9.17, 15) is 13.6 Å². The number of hydrogen-bond donors (Lipinski definition) is 2. The van der Waals surface area contributed by atoms with E-state index in [4.69, 9.17) is 5.11 Å². The minimum Gasteiger partial charge on any atom is -0.481 e. The molecule has 0 radical (unpaired) electrons. The molecule has 1 aromatic heterocycles. The summed E-state index contributed by atoms with van der Waals surface area (Å²) in [5, 5.41) is 9.03. The summed E-state index contributed by atoms with van der Waals surface area (Å²) >= 11 is 0. The number of aromatic amines is 1. The maximum atomic E-state index is 13.4. The number of carbonyl (C=O) groups is 1. The lowest BCUT2D eigenvalue weighted by atomic mass is 10.1. The van der Waals surface area contributed by atoms with Crippen molar-refractivity contribution in [3.8, 4) is 0 Å². The van der Waals surface area contributed by atoms with Crippen LogP contribution in [0.15, 0.2) is 30.3 Å². The summed E-state index contributed by atoms with van der Waals surface area (Å²) in [6.45, 7) is 0. The third-order valence-electron chi connectivity index (χ3n) is 2.30. The van der Waals surface area contributed by atoms with E-state index >= 15 is 0 Å². The van der Waals surface area contributed by atoms with Gasteiger partial charge in [-0.15, -0.1) is 0 Å². The van der Waals surface area contributed by atoms with Crippen LogP contribution in [0.4, 0.5) is 8.78 Å². The van der Waals surface area contributed by atoms with Crippen LogP contribution in [0.2, 0.25) is 0 Å². The van der Waals surface area contributed by atoms with Gasteiger partial charge in [-0.1, -0.05) is 18.2 Å². The Morgan fingerprint density at radius 3 is 2.69 bits per heavy atom. The molecule has 0 spiro atoms. The number of aromatic nitrogens is 1. The molecule has 0 fully saturated rings. The molecule has 3 nitrogen and oxygen atoms in total. The van der Waals surface area contributed by atoms with Gasteiger partial charge in [-0.25, -0.2) is 0 Å². The number of carboxylic acids is 1. The summed E-state index contributed by atoms with van der Waals surface area (Å²) in [7, 11) is 0. The molecule has 1 heterocycles. The number of fused-ring (bicyclic) bond motifs is 1. The van der Waals surface area contributed by atoms with Gasteiger partial charge in [-0.2, -0.15) is 8.78 Å². The molecule has 2 aromatic rings. The van der Waals surface area contributed by atoms with Gasteiger partial charge in [0.25, 0.3) is 5.92 Å². The fraction of sp³-hybridized carbons (Fsp3) is 0.182. The van der Waals surface area contributed by atoms with Crippen LogP contribution in [0.3, 0.4) is 0 Å². The van der Waals surface area contributed by atoms with Crippen molar-refractivity contribution in [2.45, 2.75) is 12.3 Å². The highest BCUT2D eigenvalue weighted by Crippen LogP contribution is 2.32. The van der Waals surface area contributed by atoms with E-state index in [1.807, 2.05) is 0 Å². The number of H-pyrrole nitrogens is 1. The molecule has 84 valence electrons. The van der Waals surface area contributed by atoms with Crippen LogP contribution in [-0.4, -0.2) is 16.1 Å². The first kappa shape index (κ1) is 10.6. The van der Waals surface area contributed by atoms with E-state index in [-0.39, 0.29) is 5.69 Å². The van der Waals surface area contributed by atoms with E-state index in [1.165, 1.54) is 6.07 Å². The van der Waals surface area contributed by atoms with E-state index in [0.717, 1.165) is 0 Å². The van der Waals surface area contributed by atoms with Crippen molar-refractivity contribution in [3.05, 3.63) is 36.0 Å². The second-order valence-corrected chi connectivity index (χ2v) is 3.55. The number of aliphatic carboxylic acids is 1. The Morgan fingerprint density at radius 1 is 1.38 bits per heavy atom. The molecule has 5 heteroatoms. The average Bonchev–Trinajstić information content (AvgIpc) is 2.59. The highest BCUT2D eigenvalue weighted by molar-refractivity contribution is 5.80. The molecule has 0 aliphatic carbocycles. The number of rotatable bonds is 3. The zero-order valence-corrected chi connectivity index (χ0v) is 8.21. The second-order valence-electron chi connectivity index (χ2n) is 3.55. The normalized spacial score (nSPS) is 11.9. The van der Waals surface area contributed by atoms with Crippen molar-refractivity contribution in [3.63, 3.8) is 0 Å². The van der Waals surface area contributed by atoms with E-state index in [1.54, 1.807) is 24.3 Å². The van der Waals surface area contributed by atoms with Gasteiger partial charge in [0.15, 0.2) is 0 Å². The maximum Gasteiger partial charge on any atom is 0.309 e. The van der Waals surface area contributed by atoms with Crippen molar-refractivity contribution in [1.82, 2.24) is 4.98 Å². The van der Waals surface area contributed by atoms with Gasteiger partial charge in [0.05, 0.1) is 5.69 Å².